The second-order valence-corrected chi connectivity index (χ2v) is 6.66. The molecule has 1 fully saturated rings. The van der Waals surface area contributed by atoms with Crippen LogP contribution in [0.25, 0.3) is 0 Å². The van der Waals surface area contributed by atoms with Crippen LogP contribution >= 0.6 is 0 Å². The third kappa shape index (κ3) is 5.55. The van der Waals surface area contributed by atoms with Crippen LogP contribution in [-0.2, 0) is 27.1 Å². The zero-order chi connectivity index (χ0) is 18.9. The Morgan fingerprint density at radius 3 is 2.74 bits per heavy atom. The van der Waals surface area contributed by atoms with Crippen molar-refractivity contribution >= 4 is 5.91 Å². The Morgan fingerprint density at radius 2 is 2.00 bits per heavy atom. The van der Waals surface area contributed by atoms with Crippen molar-refractivity contribution in [3.63, 3.8) is 0 Å². The predicted octanol–water partition coefficient (Wildman–Crippen LogP) is 1.68. The number of aryl methyl sites for hydroxylation is 1. The number of ether oxygens (including phenoxy) is 2. The highest BCUT2D eigenvalue weighted by atomic mass is 16.5. The van der Waals surface area contributed by atoms with E-state index in [9.17, 15) is 4.79 Å². The van der Waals surface area contributed by atoms with E-state index < -0.39 is 0 Å². The quantitative estimate of drug-likeness (QED) is 0.625. The topological polar surface area (TPSA) is 77.4 Å². The van der Waals surface area contributed by atoms with E-state index in [1.165, 1.54) is 6.33 Å². The van der Waals surface area contributed by atoms with Crippen LogP contribution in [0.1, 0.15) is 24.0 Å². The van der Waals surface area contributed by atoms with Crippen LogP contribution in [0.3, 0.4) is 0 Å². The zero-order valence-electron chi connectivity index (χ0n) is 15.7. The first-order valence-corrected chi connectivity index (χ1v) is 9.30. The van der Waals surface area contributed by atoms with Gasteiger partial charge in [-0.05, 0) is 36.5 Å². The number of carbonyl (C=O) groups is 1. The summed E-state index contributed by atoms with van der Waals surface area (Å²) >= 11 is 0. The molecule has 2 atom stereocenters. The molecule has 7 heteroatoms. The fourth-order valence-corrected chi connectivity index (χ4v) is 3.47. The van der Waals surface area contributed by atoms with Crippen molar-refractivity contribution in [1.82, 2.24) is 19.9 Å². The van der Waals surface area contributed by atoms with Crippen molar-refractivity contribution in [3.8, 4) is 0 Å². The summed E-state index contributed by atoms with van der Waals surface area (Å²) in [7, 11) is 1.66. The van der Waals surface area contributed by atoms with Gasteiger partial charge < -0.3 is 14.4 Å². The minimum absolute atomic E-state index is 0.0179. The van der Waals surface area contributed by atoms with Crippen molar-refractivity contribution in [2.45, 2.75) is 37.8 Å². The van der Waals surface area contributed by atoms with Crippen molar-refractivity contribution in [1.29, 1.82) is 0 Å². The van der Waals surface area contributed by atoms with Gasteiger partial charge in [0.15, 0.2) is 0 Å². The molecule has 2 aromatic rings. The van der Waals surface area contributed by atoms with E-state index in [4.69, 9.17) is 9.47 Å². The Morgan fingerprint density at radius 1 is 1.19 bits per heavy atom. The molecule has 1 aliphatic rings. The van der Waals surface area contributed by atoms with E-state index in [0.717, 1.165) is 24.0 Å². The van der Waals surface area contributed by atoms with Crippen LogP contribution in [0, 0.1) is 0 Å². The average molecular weight is 370 g/mol. The number of pyridine rings is 1. The molecule has 0 aliphatic carbocycles. The summed E-state index contributed by atoms with van der Waals surface area (Å²) in [5.41, 5.74) is 2.08. The van der Waals surface area contributed by atoms with E-state index in [-0.39, 0.29) is 18.1 Å². The van der Waals surface area contributed by atoms with Gasteiger partial charge in [-0.1, -0.05) is 6.07 Å². The van der Waals surface area contributed by atoms with Gasteiger partial charge in [0.2, 0.25) is 5.91 Å². The molecular formula is C20H26N4O3. The first-order chi connectivity index (χ1) is 13.3. The molecule has 0 bridgehead atoms. The fourth-order valence-electron chi connectivity index (χ4n) is 3.47. The number of amides is 1. The summed E-state index contributed by atoms with van der Waals surface area (Å²) in [6, 6.07) is 3.99. The lowest BCUT2D eigenvalue weighted by Crippen LogP contribution is -2.42. The maximum absolute atomic E-state index is 12.9. The number of rotatable bonds is 9. The summed E-state index contributed by atoms with van der Waals surface area (Å²) in [6.07, 6.45) is 11.3. The van der Waals surface area contributed by atoms with Crippen molar-refractivity contribution in [2.75, 3.05) is 26.9 Å². The number of aromatic nitrogens is 3. The summed E-state index contributed by atoms with van der Waals surface area (Å²) in [4.78, 5) is 27.1. The number of methoxy groups -OCH3 is 1. The Bertz CT molecular complexity index is 699. The van der Waals surface area contributed by atoms with Crippen molar-refractivity contribution in [2.24, 2.45) is 0 Å². The Balaban J connectivity index is 1.64. The maximum atomic E-state index is 12.9. The van der Waals surface area contributed by atoms with Gasteiger partial charge in [-0.2, -0.15) is 0 Å². The predicted molar refractivity (Wildman–Crippen MR) is 100 cm³/mol. The molecule has 0 spiro atoms. The standard InChI is InChI=1S/C20H26N4O3/c1-26-9-10-27-19-6-8-24(18(19)11-16-3-2-7-21-12-16)20(25)5-4-17-13-22-15-23-14-17/h2-3,7,12-15,18-19H,4-6,8-11H2,1H3/t18-,19-/m0/s1. The number of likely N-dealkylation sites (tertiary alicyclic amines) is 1. The second-order valence-electron chi connectivity index (χ2n) is 6.66. The number of hydrogen-bond acceptors (Lipinski definition) is 6. The molecule has 2 aromatic heterocycles. The molecule has 0 radical (unpaired) electrons. The van der Waals surface area contributed by atoms with Gasteiger partial charge in [-0.25, -0.2) is 9.97 Å². The minimum Gasteiger partial charge on any atom is -0.382 e. The first kappa shape index (κ1) is 19.4. The van der Waals surface area contributed by atoms with E-state index >= 15 is 0 Å². The van der Waals surface area contributed by atoms with Crippen molar-refractivity contribution < 1.29 is 14.3 Å². The van der Waals surface area contributed by atoms with E-state index in [1.54, 1.807) is 25.7 Å². The van der Waals surface area contributed by atoms with Gasteiger partial charge >= 0.3 is 0 Å². The molecule has 7 nitrogen and oxygen atoms in total. The van der Waals surface area contributed by atoms with Gasteiger partial charge in [0.1, 0.15) is 6.33 Å². The summed E-state index contributed by atoms with van der Waals surface area (Å²) < 4.78 is 11.1. The minimum atomic E-state index is 0.0179. The van der Waals surface area contributed by atoms with Gasteiger partial charge in [0.25, 0.3) is 0 Å². The van der Waals surface area contributed by atoms with Gasteiger partial charge in [0.05, 0.1) is 25.4 Å². The molecule has 0 aromatic carbocycles. The maximum Gasteiger partial charge on any atom is 0.223 e. The summed E-state index contributed by atoms with van der Waals surface area (Å²) in [6.45, 7) is 1.80. The molecule has 1 saturated heterocycles. The Kier molecular flexibility index (Phi) is 7.24. The molecule has 1 amide bonds. The largest absolute Gasteiger partial charge is 0.382 e. The normalized spacial score (nSPS) is 19.4. The monoisotopic (exact) mass is 370 g/mol. The summed E-state index contributed by atoms with van der Waals surface area (Å²) in [5, 5.41) is 0. The van der Waals surface area contributed by atoms with Gasteiger partial charge in [-0.15, -0.1) is 0 Å². The van der Waals surface area contributed by atoms with Crippen LogP contribution in [0.15, 0.2) is 43.2 Å². The third-order valence-electron chi connectivity index (χ3n) is 4.83. The molecule has 1 aliphatic heterocycles. The van der Waals surface area contributed by atoms with E-state index in [0.29, 0.717) is 32.6 Å². The molecule has 3 heterocycles. The van der Waals surface area contributed by atoms with Crippen LogP contribution in [0.5, 0.6) is 0 Å². The van der Waals surface area contributed by atoms with Crippen LogP contribution in [0.4, 0.5) is 0 Å². The number of hydrogen-bond donors (Lipinski definition) is 0. The lowest BCUT2D eigenvalue weighted by molar-refractivity contribution is -0.133. The molecule has 0 unspecified atom stereocenters. The molecule has 0 N–H and O–H groups in total. The first-order valence-electron chi connectivity index (χ1n) is 9.30. The SMILES string of the molecule is COCCO[C@H]1CCN(C(=O)CCc2cncnc2)[C@H]1Cc1cccnc1. The van der Waals surface area contributed by atoms with Gasteiger partial charge in [0, 0.05) is 44.9 Å². The Labute approximate surface area is 159 Å². The second kappa shape index (κ2) is 10.1. The van der Waals surface area contributed by atoms with Crippen molar-refractivity contribution in [3.05, 3.63) is 54.4 Å². The third-order valence-corrected chi connectivity index (χ3v) is 4.83. The molecule has 27 heavy (non-hydrogen) atoms. The van der Waals surface area contributed by atoms with Gasteiger partial charge in [-0.3, -0.25) is 9.78 Å². The molecule has 0 saturated carbocycles. The lowest BCUT2D eigenvalue weighted by Gasteiger charge is -2.28. The fraction of sp³-hybridized carbons (Fsp3) is 0.500. The Hall–Kier alpha value is -2.38. The average Bonchev–Trinajstić information content (AvgIpc) is 3.10. The van der Waals surface area contributed by atoms with Crippen LogP contribution < -0.4 is 0 Å². The highest BCUT2D eigenvalue weighted by molar-refractivity contribution is 5.77. The highest BCUT2D eigenvalue weighted by Gasteiger charge is 2.37. The summed E-state index contributed by atoms with van der Waals surface area (Å²) in [5.74, 6) is 0.144. The molecule has 144 valence electrons. The van der Waals surface area contributed by atoms with E-state index in [1.807, 2.05) is 23.2 Å². The van der Waals surface area contributed by atoms with Crippen LogP contribution in [0.2, 0.25) is 0 Å². The van der Waals surface area contributed by atoms with Crippen LogP contribution in [-0.4, -0.2) is 64.8 Å². The number of nitrogens with zero attached hydrogens (tertiary/aromatic N) is 4. The zero-order valence-corrected chi connectivity index (χ0v) is 15.7. The molecule has 3 rings (SSSR count). The molecular weight excluding hydrogens is 344 g/mol. The lowest BCUT2D eigenvalue weighted by atomic mass is 10.0. The number of carbonyl (C=O) groups excluding carboxylic acids is 1. The highest BCUT2D eigenvalue weighted by Crippen LogP contribution is 2.25. The smallest absolute Gasteiger partial charge is 0.223 e. The van der Waals surface area contributed by atoms with E-state index in [2.05, 4.69) is 15.0 Å².